The lowest BCUT2D eigenvalue weighted by molar-refractivity contribution is -0.306. The van der Waals surface area contributed by atoms with Crippen LogP contribution in [-0.2, 0) is 19.4 Å². The number of carbonyl (C=O) groups is 2. The first kappa shape index (κ1) is 17.7. The number of aliphatic carboxylic acids is 2. The van der Waals surface area contributed by atoms with Crippen LogP contribution in [0.5, 0.6) is 0 Å². The SMILES string of the molecule is N#CC(CCC(=O)[O-])(CCC(=O)[O-])S(=O)(=O)c1ccccc1. The molecule has 0 saturated heterocycles. The number of hydrogen-bond acceptors (Lipinski definition) is 7. The van der Waals surface area contributed by atoms with Crippen molar-refractivity contribution in [3.8, 4) is 6.07 Å². The first-order valence-corrected chi connectivity index (χ1v) is 7.84. The Morgan fingerprint density at radius 1 is 1.05 bits per heavy atom. The van der Waals surface area contributed by atoms with E-state index in [1.807, 2.05) is 0 Å². The molecular weight excluding hydrogens is 310 g/mol. The van der Waals surface area contributed by atoms with Crippen LogP contribution >= 0.6 is 0 Å². The number of carboxylic acids is 2. The van der Waals surface area contributed by atoms with Gasteiger partial charge in [0.15, 0.2) is 14.6 Å². The fourth-order valence-corrected chi connectivity index (χ4v) is 3.83. The third-order valence-corrected chi connectivity index (χ3v) is 5.66. The zero-order valence-electron chi connectivity index (χ0n) is 11.5. The molecule has 0 spiro atoms. The van der Waals surface area contributed by atoms with Gasteiger partial charge in [-0.2, -0.15) is 5.26 Å². The molecule has 1 rings (SSSR count). The van der Waals surface area contributed by atoms with Crippen molar-refractivity contribution in [1.82, 2.24) is 0 Å². The van der Waals surface area contributed by atoms with Gasteiger partial charge in [-0.3, -0.25) is 0 Å². The van der Waals surface area contributed by atoms with Gasteiger partial charge < -0.3 is 19.8 Å². The Hall–Kier alpha value is -2.40. The standard InChI is InChI=1S/C14H15NO6S/c15-10-14(8-6-12(16)17,9-7-13(18)19)22(20,21)11-4-2-1-3-5-11/h1-5H,6-9H2,(H,16,17)(H,18,19)/p-2. The quantitative estimate of drug-likeness (QED) is 0.584. The molecule has 0 aliphatic carbocycles. The summed E-state index contributed by atoms with van der Waals surface area (Å²) >= 11 is 0. The smallest absolute Gasteiger partial charge is 0.197 e. The summed E-state index contributed by atoms with van der Waals surface area (Å²) in [5.74, 6) is -3.03. The summed E-state index contributed by atoms with van der Waals surface area (Å²) in [6.07, 6.45) is -2.47. The van der Waals surface area contributed by atoms with Crippen LogP contribution in [0.25, 0.3) is 0 Å². The second-order valence-electron chi connectivity index (χ2n) is 4.67. The maximum Gasteiger partial charge on any atom is 0.197 e. The predicted molar refractivity (Wildman–Crippen MR) is 70.5 cm³/mol. The van der Waals surface area contributed by atoms with Crippen LogP contribution in [0.15, 0.2) is 35.2 Å². The number of carboxylic acid groups (broad SMARTS) is 2. The van der Waals surface area contributed by atoms with E-state index in [4.69, 9.17) is 0 Å². The Bertz CT molecular complexity index is 672. The largest absolute Gasteiger partial charge is 0.550 e. The molecule has 8 heteroatoms. The van der Waals surface area contributed by atoms with Crippen molar-refractivity contribution in [2.75, 3.05) is 0 Å². The van der Waals surface area contributed by atoms with Gasteiger partial charge in [0, 0.05) is 11.9 Å². The Balaban J connectivity index is 3.31. The Morgan fingerprint density at radius 2 is 1.50 bits per heavy atom. The molecule has 0 saturated carbocycles. The fraction of sp³-hybridized carbons (Fsp3) is 0.357. The molecule has 0 heterocycles. The average Bonchev–Trinajstić information content (AvgIpc) is 2.48. The lowest BCUT2D eigenvalue weighted by Crippen LogP contribution is -2.40. The maximum absolute atomic E-state index is 12.7. The molecule has 22 heavy (non-hydrogen) atoms. The van der Waals surface area contributed by atoms with Gasteiger partial charge in [0.2, 0.25) is 0 Å². The second kappa shape index (κ2) is 7.04. The minimum absolute atomic E-state index is 0.173. The van der Waals surface area contributed by atoms with E-state index in [0.29, 0.717) is 0 Å². The maximum atomic E-state index is 12.7. The van der Waals surface area contributed by atoms with Gasteiger partial charge >= 0.3 is 0 Å². The third-order valence-electron chi connectivity index (χ3n) is 3.24. The molecule has 0 unspecified atom stereocenters. The topological polar surface area (TPSA) is 138 Å². The molecule has 0 fully saturated rings. The highest BCUT2D eigenvalue weighted by atomic mass is 32.2. The molecular formula is C14H13NO6S-2. The average molecular weight is 323 g/mol. The number of carbonyl (C=O) groups excluding carboxylic acids is 2. The molecule has 1 aromatic rings. The highest BCUT2D eigenvalue weighted by Crippen LogP contribution is 2.33. The summed E-state index contributed by atoms with van der Waals surface area (Å²) < 4.78 is 23.2. The third kappa shape index (κ3) is 3.83. The Morgan fingerprint density at radius 3 is 1.86 bits per heavy atom. The van der Waals surface area contributed by atoms with E-state index in [1.54, 1.807) is 12.1 Å². The van der Waals surface area contributed by atoms with Gasteiger partial charge in [-0.1, -0.05) is 18.2 Å². The molecule has 1 aromatic carbocycles. The molecule has 0 aliphatic heterocycles. The van der Waals surface area contributed by atoms with E-state index in [1.165, 1.54) is 24.3 Å². The highest BCUT2D eigenvalue weighted by Gasteiger charge is 2.44. The molecule has 0 aliphatic rings. The van der Waals surface area contributed by atoms with E-state index in [2.05, 4.69) is 0 Å². The second-order valence-corrected chi connectivity index (χ2v) is 6.93. The summed E-state index contributed by atoms with van der Waals surface area (Å²) in [6.45, 7) is 0. The first-order valence-electron chi connectivity index (χ1n) is 6.36. The van der Waals surface area contributed by atoms with E-state index in [9.17, 15) is 33.5 Å². The van der Waals surface area contributed by atoms with Crippen LogP contribution in [-0.4, -0.2) is 25.1 Å². The number of benzene rings is 1. The highest BCUT2D eigenvalue weighted by molar-refractivity contribution is 7.93. The van der Waals surface area contributed by atoms with Crippen molar-refractivity contribution in [2.24, 2.45) is 0 Å². The lowest BCUT2D eigenvalue weighted by Gasteiger charge is -2.27. The summed E-state index contributed by atoms with van der Waals surface area (Å²) in [4.78, 5) is 21.1. The van der Waals surface area contributed by atoms with Gasteiger partial charge in [0.25, 0.3) is 0 Å². The molecule has 0 atom stereocenters. The van der Waals surface area contributed by atoms with Crippen molar-refractivity contribution >= 4 is 21.8 Å². The van der Waals surface area contributed by atoms with Gasteiger partial charge in [-0.15, -0.1) is 0 Å². The summed E-state index contributed by atoms with van der Waals surface area (Å²) in [7, 11) is -4.25. The Kier molecular flexibility index (Phi) is 5.65. The number of hydrogen-bond donors (Lipinski definition) is 0. The normalized spacial score (nSPS) is 11.6. The van der Waals surface area contributed by atoms with Crippen molar-refractivity contribution in [3.05, 3.63) is 30.3 Å². The number of sulfone groups is 1. The summed E-state index contributed by atoms with van der Waals surface area (Å²) in [5.41, 5.74) is 0. The van der Waals surface area contributed by atoms with E-state index < -0.39 is 52.2 Å². The van der Waals surface area contributed by atoms with Gasteiger partial charge in [-0.05, 0) is 37.8 Å². The van der Waals surface area contributed by atoms with Crippen LogP contribution in [0.3, 0.4) is 0 Å². The minimum atomic E-state index is -4.25. The lowest BCUT2D eigenvalue weighted by atomic mass is 9.98. The van der Waals surface area contributed by atoms with E-state index >= 15 is 0 Å². The monoisotopic (exact) mass is 323 g/mol. The summed E-state index contributed by atoms with van der Waals surface area (Å²) in [5, 5.41) is 30.6. The Labute approximate surface area is 127 Å². The molecule has 118 valence electrons. The van der Waals surface area contributed by atoms with Gasteiger partial charge in [0.1, 0.15) is 0 Å². The number of nitriles is 1. The van der Waals surface area contributed by atoms with Crippen LogP contribution in [0, 0.1) is 11.3 Å². The molecule has 7 nitrogen and oxygen atoms in total. The number of rotatable bonds is 8. The molecule has 0 aromatic heterocycles. The van der Waals surface area contributed by atoms with Crippen LogP contribution in [0.2, 0.25) is 0 Å². The molecule has 0 radical (unpaired) electrons. The zero-order valence-corrected chi connectivity index (χ0v) is 12.3. The minimum Gasteiger partial charge on any atom is -0.550 e. The fourth-order valence-electron chi connectivity index (χ4n) is 2.00. The molecule has 0 amide bonds. The predicted octanol–water partition coefficient (Wildman–Crippen LogP) is -1.22. The molecule has 0 bridgehead atoms. The zero-order chi connectivity index (χ0) is 16.8. The first-order chi connectivity index (χ1) is 10.2. The van der Waals surface area contributed by atoms with Crippen LogP contribution < -0.4 is 10.2 Å². The summed E-state index contributed by atoms with van der Waals surface area (Å²) in [6, 6.07) is 8.60. The number of nitrogens with zero attached hydrogens (tertiary/aromatic N) is 1. The molecule has 0 N–H and O–H groups in total. The van der Waals surface area contributed by atoms with Crippen molar-refractivity contribution < 1.29 is 28.2 Å². The van der Waals surface area contributed by atoms with Gasteiger partial charge in [0.05, 0.1) is 11.0 Å². The van der Waals surface area contributed by atoms with Crippen LogP contribution in [0.1, 0.15) is 25.7 Å². The van der Waals surface area contributed by atoms with E-state index in [0.717, 1.165) is 0 Å². The van der Waals surface area contributed by atoms with Gasteiger partial charge in [-0.25, -0.2) is 8.42 Å². The van der Waals surface area contributed by atoms with Crippen LogP contribution in [0.4, 0.5) is 0 Å². The van der Waals surface area contributed by atoms with Crippen molar-refractivity contribution in [2.45, 2.75) is 35.3 Å². The van der Waals surface area contributed by atoms with Crippen molar-refractivity contribution in [3.63, 3.8) is 0 Å². The van der Waals surface area contributed by atoms with E-state index in [-0.39, 0.29) is 4.90 Å². The van der Waals surface area contributed by atoms with Crippen molar-refractivity contribution in [1.29, 1.82) is 5.26 Å².